The van der Waals surface area contributed by atoms with Gasteiger partial charge in [-0.1, -0.05) is 6.42 Å². The number of aryl methyl sites for hydroxylation is 1. The second-order valence-corrected chi connectivity index (χ2v) is 6.53. The minimum atomic E-state index is 0.285. The molecule has 0 amide bonds. The zero-order valence-electron chi connectivity index (χ0n) is 14.8. The predicted octanol–water partition coefficient (Wildman–Crippen LogP) is 1.28. The summed E-state index contributed by atoms with van der Waals surface area (Å²) in [5, 5.41) is 15.5. The number of nitrogens with zero attached hydrogens (tertiary/aromatic N) is 4. The molecule has 0 spiro atoms. The molecule has 0 aliphatic carbocycles. The number of hydrogen-bond acceptors (Lipinski definition) is 4. The monoisotopic (exact) mass is 334 g/mol. The molecule has 2 N–H and O–H groups in total. The molecule has 3 rings (SSSR count). The van der Waals surface area contributed by atoms with Crippen molar-refractivity contribution in [1.29, 1.82) is 0 Å². The van der Waals surface area contributed by atoms with Crippen LogP contribution in [0, 0.1) is 0 Å². The van der Waals surface area contributed by atoms with Crippen molar-refractivity contribution >= 4 is 5.96 Å². The van der Waals surface area contributed by atoms with Crippen LogP contribution in [0.3, 0.4) is 0 Å². The Hall–Kier alpha value is -1.63. The molecule has 7 heteroatoms. The fraction of sp³-hybridized carbons (Fsp3) is 0.824. The van der Waals surface area contributed by atoms with Crippen LogP contribution in [0.4, 0.5) is 0 Å². The van der Waals surface area contributed by atoms with Crippen LogP contribution in [0.25, 0.3) is 0 Å². The van der Waals surface area contributed by atoms with Crippen molar-refractivity contribution in [3.63, 3.8) is 0 Å². The molecular weight excluding hydrogens is 304 g/mol. The molecule has 134 valence electrons. The minimum absolute atomic E-state index is 0.285. The van der Waals surface area contributed by atoms with Gasteiger partial charge >= 0.3 is 0 Å². The molecule has 7 nitrogen and oxygen atoms in total. The van der Waals surface area contributed by atoms with E-state index in [1.165, 1.54) is 19.3 Å². The summed E-state index contributed by atoms with van der Waals surface area (Å²) in [6.07, 6.45) is 8.25. The van der Waals surface area contributed by atoms with Gasteiger partial charge in [-0.3, -0.25) is 4.99 Å². The molecule has 2 aliphatic heterocycles. The zero-order valence-corrected chi connectivity index (χ0v) is 14.8. The lowest BCUT2D eigenvalue weighted by Gasteiger charge is -2.13. The van der Waals surface area contributed by atoms with E-state index in [1.54, 1.807) is 0 Å². The van der Waals surface area contributed by atoms with E-state index < -0.39 is 0 Å². The quantitative estimate of drug-likeness (QED) is 0.605. The molecule has 0 aromatic carbocycles. The number of ether oxygens (including phenoxy) is 1. The Balaban J connectivity index is 1.49. The van der Waals surface area contributed by atoms with Gasteiger partial charge in [0, 0.05) is 39.1 Å². The molecule has 1 atom stereocenters. The third kappa shape index (κ3) is 4.69. The Bertz CT molecular complexity index is 535. The zero-order chi connectivity index (χ0) is 16.6. The topological polar surface area (TPSA) is 76.4 Å². The van der Waals surface area contributed by atoms with Crippen molar-refractivity contribution in [1.82, 2.24) is 25.4 Å². The number of nitrogens with one attached hydrogen (secondary N) is 2. The van der Waals surface area contributed by atoms with Gasteiger partial charge in [-0.2, -0.15) is 0 Å². The van der Waals surface area contributed by atoms with Crippen molar-refractivity contribution in [3.8, 4) is 0 Å². The summed E-state index contributed by atoms with van der Waals surface area (Å²) < 4.78 is 7.95. The second-order valence-electron chi connectivity index (χ2n) is 6.53. The van der Waals surface area contributed by atoms with Crippen LogP contribution < -0.4 is 10.6 Å². The van der Waals surface area contributed by atoms with Gasteiger partial charge in [-0.15, -0.1) is 10.2 Å². The average Bonchev–Trinajstić information content (AvgIpc) is 3.18. The molecule has 1 aromatic heterocycles. The van der Waals surface area contributed by atoms with E-state index in [4.69, 9.17) is 4.74 Å². The smallest absolute Gasteiger partial charge is 0.191 e. The summed E-state index contributed by atoms with van der Waals surface area (Å²) in [5.74, 6) is 3.11. The number of rotatable bonds is 6. The molecule has 24 heavy (non-hydrogen) atoms. The summed E-state index contributed by atoms with van der Waals surface area (Å²) in [6.45, 7) is 6.43. The Morgan fingerprint density at radius 2 is 2.21 bits per heavy atom. The van der Waals surface area contributed by atoms with Crippen LogP contribution in [0.2, 0.25) is 0 Å². The van der Waals surface area contributed by atoms with Gasteiger partial charge < -0.3 is 19.9 Å². The Morgan fingerprint density at radius 3 is 3.04 bits per heavy atom. The minimum Gasteiger partial charge on any atom is -0.376 e. The number of aliphatic imine (C=N–C) groups is 1. The van der Waals surface area contributed by atoms with Crippen molar-refractivity contribution in [2.24, 2.45) is 4.99 Å². The molecule has 1 unspecified atom stereocenters. The van der Waals surface area contributed by atoms with Gasteiger partial charge in [0.25, 0.3) is 0 Å². The third-order valence-corrected chi connectivity index (χ3v) is 4.65. The fourth-order valence-corrected chi connectivity index (χ4v) is 3.35. The highest BCUT2D eigenvalue weighted by atomic mass is 16.5. The van der Waals surface area contributed by atoms with Crippen molar-refractivity contribution in [2.45, 2.75) is 64.5 Å². The molecule has 0 bridgehead atoms. The normalized spacial score (nSPS) is 21.4. The lowest BCUT2D eigenvalue weighted by atomic mass is 10.2. The van der Waals surface area contributed by atoms with Gasteiger partial charge in [-0.05, 0) is 32.6 Å². The Labute approximate surface area is 144 Å². The van der Waals surface area contributed by atoms with E-state index in [2.05, 4.69) is 37.3 Å². The SMILES string of the molecule is CCNC(=NCC1CCCO1)NCCc1nnc2n1CCCCC2. The van der Waals surface area contributed by atoms with Crippen LogP contribution in [0.5, 0.6) is 0 Å². The summed E-state index contributed by atoms with van der Waals surface area (Å²) >= 11 is 0. The number of hydrogen-bond donors (Lipinski definition) is 2. The summed E-state index contributed by atoms with van der Waals surface area (Å²) in [5.41, 5.74) is 0. The molecule has 0 radical (unpaired) electrons. The van der Waals surface area contributed by atoms with E-state index >= 15 is 0 Å². The van der Waals surface area contributed by atoms with E-state index in [-0.39, 0.29) is 6.10 Å². The van der Waals surface area contributed by atoms with Crippen molar-refractivity contribution in [3.05, 3.63) is 11.6 Å². The Morgan fingerprint density at radius 1 is 1.25 bits per heavy atom. The lowest BCUT2D eigenvalue weighted by molar-refractivity contribution is 0.117. The average molecular weight is 334 g/mol. The highest BCUT2D eigenvalue weighted by Gasteiger charge is 2.16. The first-order chi connectivity index (χ1) is 11.9. The molecule has 1 saturated heterocycles. The maximum Gasteiger partial charge on any atom is 0.191 e. The maximum atomic E-state index is 5.63. The molecule has 1 fully saturated rings. The summed E-state index contributed by atoms with van der Waals surface area (Å²) in [7, 11) is 0. The molecular formula is C17H30N6O. The number of guanidine groups is 1. The van der Waals surface area contributed by atoms with Gasteiger partial charge in [0.15, 0.2) is 5.96 Å². The highest BCUT2D eigenvalue weighted by molar-refractivity contribution is 5.79. The first-order valence-electron chi connectivity index (χ1n) is 9.41. The van der Waals surface area contributed by atoms with E-state index in [0.29, 0.717) is 0 Å². The Kier molecular flexibility index (Phi) is 6.46. The van der Waals surface area contributed by atoms with Crippen LogP contribution in [0.1, 0.15) is 50.7 Å². The van der Waals surface area contributed by atoms with Crippen LogP contribution in [-0.2, 0) is 24.1 Å². The lowest BCUT2D eigenvalue weighted by Crippen LogP contribution is -2.39. The highest BCUT2D eigenvalue weighted by Crippen LogP contribution is 2.14. The van der Waals surface area contributed by atoms with Crippen LogP contribution >= 0.6 is 0 Å². The van der Waals surface area contributed by atoms with E-state index in [0.717, 1.165) is 76.1 Å². The number of aromatic nitrogens is 3. The summed E-state index contributed by atoms with van der Waals surface area (Å²) in [6, 6.07) is 0. The van der Waals surface area contributed by atoms with E-state index in [1.807, 2.05) is 0 Å². The fourth-order valence-electron chi connectivity index (χ4n) is 3.35. The third-order valence-electron chi connectivity index (χ3n) is 4.65. The number of fused-ring (bicyclic) bond motifs is 1. The van der Waals surface area contributed by atoms with Gasteiger partial charge in [0.1, 0.15) is 11.6 Å². The van der Waals surface area contributed by atoms with Crippen molar-refractivity contribution in [2.75, 3.05) is 26.2 Å². The van der Waals surface area contributed by atoms with Crippen molar-refractivity contribution < 1.29 is 4.74 Å². The standard InChI is InChI=1S/C17H30N6O/c1-2-18-17(20-13-14-7-6-12-24-14)19-10-9-16-22-21-15-8-4-3-5-11-23(15)16/h14H,2-13H2,1H3,(H2,18,19,20). The van der Waals surface area contributed by atoms with Crippen LogP contribution in [-0.4, -0.2) is 53.1 Å². The second kappa shape index (κ2) is 9.01. The largest absolute Gasteiger partial charge is 0.376 e. The van der Waals surface area contributed by atoms with Crippen LogP contribution in [0.15, 0.2) is 4.99 Å². The molecule has 0 saturated carbocycles. The first-order valence-corrected chi connectivity index (χ1v) is 9.41. The maximum absolute atomic E-state index is 5.63. The predicted molar refractivity (Wildman–Crippen MR) is 94.2 cm³/mol. The van der Waals surface area contributed by atoms with E-state index in [9.17, 15) is 0 Å². The first kappa shape index (κ1) is 17.2. The summed E-state index contributed by atoms with van der Waals surface area (Å²) in [4.78, 5) is 4.64. The van der Waals surface area contributed by atoms with Gasteiger partial charge in [0.2, 0.25) is 0 Å². The van der Waals surface area contributed by atoms with Gasteiger partial charge in [-0.25, -0.2) is 0 Å². The molecule has 2 aliphatic rings. The molecule has 3 heterocycles. The van der Waals surface area contributed by atoms with Gasteiger partial charge in [0.05, 0.1) is 12.6 Å². The molecule has 1 aromatic rings.